The van der Waals surface area contributed by atoms with Gasteiger partial charge in [0.25, 0.3) is 0 Å². The minimum Gasteiger partial charge on any atom is -0.475 e. The van der Waals surface area contributed by atoms with Crippen LogP contribution in [0.3, 0.4) is 0 Å². The number of hydrogen-bond acceptors (Lipinski definition) is 5. The Morgan fingerprint density at radius 3 is 3.24 bits per heavy atom. The first kappa shape index (κ1) is 11.8. The van der Waals surface area contributed by atoms with Gasteiger partial charge in [0.1, 0.15) is 24.5 Å². The number of nitrogens with one attached hydrogen (secondary N) is 1. The third kappa shape index (κ3) is 3.41. The highest BCUT2D eigenvalue weighted by atomic mass is 16.5. The van der Waals surface area contributed by atoms with Crippen LogP contribution in [0, 0.1) is 11.3 Å². The highest BCUT2D eigenvalue weighted by Gasteiger charge is 2.19. The van der Waals surface area contributed by atoms with Crippen molar-refractivity contribution >= 4 is 0 Å². The van der Waals surface area contributed by atoms with Crippen molar-refractivity contribution < 1.29 is 9.47 Å². The third-order valence-electron chi connectivity index (χ3n) is 2.48. The first-order valence-electron chi connectivity index (χ1n) is 5.64. The van der Waals surface area contributed by atoms with Gasteiger partial charge in [0.2, 0.25) is 5.88 Å². The molecule has 2 rings (SSSR count). The summed E-state index contributed by atoms with van der Waals surface area (Å²) in [5.41, 5.74) is 0.360. The SMILES string of the molecule is CC1CNCC(COc2cccc(C#N)n2)O1. The Hall–Kier alpha value is -1.64. The molecule has 0 saturated carbocycles. The van der Waals surface area contributed by atoms with Crippen molar-refractivity contribution in [3.05, 3.63) is 23.9 Å². The topological polar surface area (TPSA) is 67.2 Å². The van der Waals surface area contributed by atoms with Gasteiger partial charge in [-0.15, -0.1) is 0 Å². The summed E-state index contributed by atoms with van der Waals surface area (Å²) in [6, 6.07) is 7.11. The molecule has 90 valence electrons. The van der Waals surface area contributed by atoms with Gasteiger partial charge in [-0.05, 0) is 13.0 Å². The van der Waals surface area contributed by atoms with Crippen molar-refractivity contribution in [3.8, 4) is 11.9 Å². The normalized spacial score (nSPS) is 24.0. The summed E-state index contributed by atoms with van der Waals surface area (Å²) in [4.78, 5) is 4.04. The molecule has 2 atom stereocenters. The largest absolute Gasteiger partial charge is 0.475 e. The van der Waals surface area contributed by atoms with Crippen LogP contribution in [-0.2, 0) is 4.74 Å². The highest BCUT2D eigenvalue weighted by Crippen LogP contribution is 2.09. The number of nitrogens with zero attached hydrogens (tertiary/aromatic N) is 2. The second-order valence-electron chi connectivity index (χ2n) is 4.01. The second-order valence-corrected chi connectivity index (χ2v) is 4.01. The zero-order valence-electron chi connectivity index (χ0n) is 9.72. The fourth-order valence-corrected chi connectivity index (χ4v) is 1.71. The number of aromatic nitrogens is 1. The van der Waals surface area contributed by atoms with Gasteiger partial charge < -0.3 is 14.8 Å². The molecule has 5 heteroatoms. The van der Waals surface area contributed by atoms with Crippen LogP contribution in [-0.4, -0.2) is 36.9 Å². The van der Waals surface area contributed by atoms with Crippen LogP contribution in [0.15, 0.2) is 18.2 Å². The lowest BCUT2D eigenvalue weighted by atomic mass is 10.2. The molecule has 0 aromatic carbocycles. The van der Waals surface area contributed by atoms with Crippen LogP contribution in [0.4, 0.5) is 0 Å². The molecule has 0 aliphatic carbocycles. The Morgan fingerprint density at radius 2 is 2.47 bits per heavy atom. The van der Waals surface area contributed by atoms with E-state index in [2.05, 4.69) is 10.3 Å². The van der Waals surface area contributed by atoms with Crippen molar-refractivity contribution in [2.75, 3.05) is 19.7 Å². The predicted octanol–water partition coefficient (Wildman–Crippen LogP) is 0.709. The van der Waals surface area contributed by atoms with Gasteiger partial charge in [-0.25, -0.2) is 4.98 Å². The number of morpholine rings is 1. The van der Waals surface area contributed by atoms with E-state index in [1.807, 2.05) is 13.0 Å². The van der Waals surface area contributed by atoms with Crippen molar-refractivity contribution in [1.82, 2.24) is 10.3 Å². The monoisotopic (exact) mass is 233 g/mol. The number of pyridine rings is 1. The molecule has 5 nitrogen and oxygen atoms in total. The van der Waals surface area contributed by atoms with Crippen LogP contribution >= 0.6 is 0 Å². The van der Waals surface area contributed by atoms with Crippen LogP contribution in [0.5, 0.6) is 5.88 Å². The molecule has 1 saturated heterocycles. The molecule has 2 heterocycles. The third-order valence-corrected chi connectivity index (χ3v) is 2.48. The van der Waals surface area contributed by atoms with E-state index < -0.39 is 0 Å². The average Bonchev–Trinajstić information content (AvgIpc) is 2.37. The van der Waals surface area contributed by atoms with E-state index in [0.717, 1.165) is 13.1 Å². The second kappa shape index (κ2) is 5.62. The van der Waals surface area contributed by atoms with E-state index in [1.165, 1.54) is 0 Å². The Labute approximate surface area is 100 Å². The smallest absolute Gasteiger partial charge is 0.214 e. The Bertz CT molecular complexity index is 416. The van der Waals surface area contributed by atoms with Gasteiger partial charge in [-0.2, -0.15) is 5.26 Å². The predicted molar refractivity (Wildman–Crippen MR) is 61.7 cm³/mol. The summed E-state index contributed by atoms with van der Waals surface area (Å²) in [5, 5.41) is 12.0. The first-order chi connectivity index (χ1) is 8.28. The van der Waals surface area contributed by atoms with Crippen LogP contribution in [0.25, 0.3) is 0 Å². The van der Waals surface area contributed by atoms with E-state index in [9.17, 15) is 0 Å². The lowest BCUT2D eigenvalue weighted by Crippen LogP contribution is -2.45. The molecule has 0 spiro atoms. The van der Waals surface area contributed by atoms with Crippen LogP contribution in [0.2, 0.25) is 0 Å². The summed E-state index contributed by atoms with van der Waals surface area (Å²) >= 11 is 0. The van der Waals surface area contributed by atoms with Crippen LogP contribution in [0.1, 0.15) is 12.6 Å². The maximum absolute atomic E-state index is 8.71. The number of hydrogen-bond donors (Lipinski definition) is 1. The highest BCUT2D eigenvalue weighted by molar-refractivity contribution is 5.24. The molecular weight excluding hydrogens is 218 g/mol. The van der Waals surface area contributed by atoms with Crippen molar-refractivity contribution in [2.24, 2.45) is 0 Å². The van der Waals surface area contributed by atoms with E-state index >= 15 is 0 Å². The zero-order valence-corrected chi connectivity index (χ0v) is 9.72. The quantitative estimate of drug-likeness (QED) is 0.832. The Morgan fingerprint density at radius 1 is 1.59 bits per heavy atom. The lowest BCUT2D eigenvalue weighted by Gasteiger charge is -2.28. The summed E-state index contributed by atoms with van der Waals surface area (Å²) in [6.45, 7) is 4.12. The van der Waals surface area contributed by atoms with Crippen molar-refractivity contribution in [3.63, 3.8) is 0 Å². The molecule has 1 aromatic heterocycles. The molecule has 1 fully saturated rings. The number of rotatable bonds is 3. The Balaban J connectivity index is 1.87. The van der Waals surface area contributed by atoms with Gasteiger partial charge in [-0.1, -0.05) is 6.07 Å². The molecular formula is C12H15N3O2. The minimum absolute atomic E-state index is 0.0336. The molecule has 1 aliphatic heterocycles. The summed E-state index contributed by atoms with van der Waals surface area (Å²) < 4.78 is 11.2. The first-order valence-corrected chi connectivity index (χ1v) is 5.64. The summed E-state index contributed by atoms with van der Waals surface area (Å²) in [6.07, 6.45) is 0.238. The van der Waals surface area contributed by atoms with E-state index in [-0.39, 0.29) is 12.2 Å². The molecule has 17 heavy (non-hydrogen) atoms. The van der Waals surface area contributed by atoms with Crippen molar-refractivity contribution in [1.29, 1.82) is 5.26 Å². The fraction of sp³-hybridized carbons (Fsp3) is 0.500. The molecule has 1 aliphatic rings. The van der Waals surface area contributed by atoms with Gasteiger partial charge in [0.15, 0.2) is 0 Å². The lowest BCUT2D eigenvalue weighted by molar-refractivity contribution is -0.0476. The number of ether oxygens (including phenoxy) is 2. The minimum atomic E-state index is 0.0336. The van der Waals surface area contributed by atoms with Crippen LogP contribution < -0.4 is 10.1 Å². The molecule has 0 radical (unpaired) electrons. The van der Waals surface area contributed by atoms with Gasteiger partial charge >= 0.3 is 0 Å². The maximum atomic E-state index is 8.71. The standard InChI is InChI=1S/C12H15N3O2/c1-9-6-14-7-11(17-9)8-16-12-4-2-3-10(5-13)15-12/h2-4,9,11,14H,6-8H2,1H3. The number of nitriles is 1. The van der Waals surface area contributed by atoms with Gasteiger partial charge in [-0.3, -0.25) is 0 Å². The summed E-state index contributed by atoms with van der Waals surface area (Å²) in [7, 11) is 0. The molecule has 0 amide bonds. The van der Waals surface area contributed by atoms with Gasteiger partial charge in [0.05, 0.1) is 6.10 Å². The Kier molecular flexibility index (Phi) is 3.91. The van der Waals surface area contributed by atoms with Gasteiger partial charge in [0, 0.05) is 19.2 Å². The van der Waals surface area contributed by atoms with E-state index in [4.69, 9.17) is 14.7 Å². The van der Waals surface area contributed by atoms with E-state index in [1.54, 1.807) is 18.2 Å². The molecule has 0 bridgehead atoms. The zero-order chi connectivity index (χ0) is 12.1. The van der Waals surface area contributed by atoms with Crippen molar-refractivity contribution in [2.45, 2.75) is 19.1 Å². The maximum Gasteiger partial charge on any atom is 0.214 e. The summed E-state index contributed by atoms with van der Waals surface area (Å²) in [5.74, 6) is 0.464. The molecule has 2 unspecified atom stereocenters. The molecule has 1 N–H and O–H groups in total. The average molecular weight is 233 g/mol. The van der Waals surface area contributed by atoms with E-state index in [0.29, 0.717) is 18.2 Å². The molecule has 1 aromatic rings. The fourth-order valence-electron chi connectivity index (χ4n) is 1.71.